The van der Waals surface area contributed by atoms with Gasteiger partial charge in [-0.05, 0) is 73.7 Å². The van der Waals surface area contributed by atoms with E-state index in [0.29, 0.717) is 18.4 Å². The van der Waals surface area contributed by atoms with Gasteiger partial charge in [0.25, 0.3) is 5.91 Å². The van der Waals surface area contributed by atoms with Gasteiger partial charge < -0.3 is 26.0 Å². The van der Waals surface area contributed by atoms with E-state index in [0.717, 1.165) is 16.8 Å². The molecule has 0 radical (unpaired) electrons. The first kappa shape index (κ1) is 25.5. The fourth-order valence-corrected chi connectivity index (χ4v) is 6.48. The fourth-order valence-electron chi connectivity index (χ4n) is 6.48. The van der Waals surface area contributed by atoms with Crippen LogP contribution in [0.25, 0.3) is 16.9 Å². The van der Waals surface area contributed by atoms with E-state index in [-0.39, 0.29) is 22.6 Å². The summed E-state index contributed by atoms with van der Waals surface area (Å²) in [5.41, 5.74) is 8.55. The molecule has 1 amide bonds. The van der Waals surface area contributed by atoms with Crippen molar-refractivity contribution in [3.8, 4) is 16.9 Å². The molecule has 9 nitrogen and oxygen atoms in total. The molecule has 38 heavy (non-hydrogen) atoms. The molecule has 198 valence electrons. The van der Waals surface area contributed by atoms with E-state index in [4.69, 9.17) is 5.73 Å². The van der Waals surface area contributed by atoms with Gasteiger partial charge in [0.1, 0.15) is 22.8 Å². The van der Waals surface area contributed by atoms with Crippen LogP contribution in [0.2, 0.25) is 0 Å². The van der Waals surface area contributed by atoms with Gasteiger partial charge in [-0.1, -0.05) is 18.2 Å². The number of ketones is 2. The Kier molecular flexibility index (Phi) is 6.06. The molecule has 0 spiro atoms. The number of fused-ring (bicyclic) bond motifs is 3. The molecule has 2 aromatic carbocycles. The van der Waals surface area contributed by atoms with Gasteiger partial charge >= 0.3 is 0 Å². The average molecular weight is 518 g/mol. The highest BCUT2D eigenvalue weighted by atomic mass is 16.3. The molecule has 5 rings (SSSR count). The Morgan fingerprint density at radius 3 is 2.18 bits per heavy atom. The van der Waals surface area contributed by atoms with Crippen molar-refractivity contribution in [1.82, 2.24) is 4.90 Å². The number of hydrogen-bond donors (Lipinski definition) is 4. The molecule has 2 aromatic rings. The number of phenolic OH excluding ortho intramolecular Hbond substituents is 1. The van der Waals surface area contributed by atoms with Gasteiger partial charge in [0.05, 0.1) is 17.5 Å². The molecule has 0 bridgehead atoms. The van der Waals surface area contributed by atoms with Crippen molar-refractivity contribution in [2.45, 2.75) is 18.9 Å². The number of aromatic hydroxyl groups is 1. The van der Waals surface area contributed by atoms with Crippen LogP contribution in [-0.4, -0.2) is 71.9 Å². The number of amides is 1. The monoisotopic (exact) mass is 517 g/mol. The number of rotatable bonds is 4. The topological polar surface area (TPSA) is 144 Å². The molecule has 0 saturated heterocycles. The molecule has 3 aliphatic rings. The number of nitrogens with zero attached hydrogens (tertiary/aromatic N) is 2. The third kappa shape index (κ3) is 3.68. The summed E-state index contributed by atoms with van der Waals surface area (Å²) in [6, 6.07) is 10.4. The predicted octanol–water partition coefficient (Wildman–Crippen LogP) is 2.58. The fraction of sp³-hybridized carbons (Fsp3) is 0.345. The SMILES string of the molecule is CN(C)c1ccc(-c2ccc(O)c3c2CC2CC4C(C(=O)C(C(N)=O)=C(O)[C@H]4N(C)C)C(=O)C2=C3O)cc1. The Morgan fingerprint density at radius 2 is 1.61 bits per heavy atom. The second-order valence-corrected chi connectivity index (χ2v) is 10.7. The van der Waals surface area contributed by atoms with Gasteiger partial charge in [-0.15, -0.1) is 0 Å². The van der Waals surface area contributed by atoms with Crippen molar-refractivity contribution in [2.24, 2.45) is 23.5 Å². The number of carbonyl (C=O) groups is 3. The minimum atomic E-state index is -1.26. The third-order valence-corrected chi connectivity index (χ3v) is 8.14. The number of nitrogens with two attached hydrogens (primary N) is 1. The zero-order valence-corrected chi connectivity index (χ0v) is 21.7. The predicted molar refractivity (Wildman–Crippen MR) is 143 cm³/mol. The number of carbonyl (C=O) groups excluding carboxylic acids is 3. The lowest BCUT2D eigenvalue weighted by Crippen LogP contribution is -2.55. The summed E-state index contributed by atoms with van der Waals surface area (Å²) in [6.45, 7) is 0. The largest absolute Gasteiger partial charge is 0.510 e. The number of aliphatic hydroxyl groups is 2. The summed E-state index contributed by atoms with van der Waals surface area (Å²) in [7, 11) is 7.30. The van der Waals surface area contributed by atoms with Gasteiger partial charge in [0.15, 0.2) is 11.6 Å². The molecule has 1 saturated carbocycles. The summed E-state index contributed by atoms with van der Waals surface area (Å²) < 4.78 is 0. The number of allylic oxidation sites excluding steroid dienone is 1. The van der Waals surface area contributed by atoms with Crippen molar-refractivity contribution >= 4 is 28.9 Å². The summed E-state index contributed by atoms with van der Waals surface area (Å²) in [4.78, 5) is 42.8. The van der Waals surface area contributed by atoms with Crippen LogP contribution in [0.5, 0.6) is 5.75 Å². The van der Waals surface area contributed by atoms with Gasteiger partial charge in [-0.2, -0.15) is 0 Å². The van der Waals surface area contributed by atoms with Crippen molar-refractivity contribution in [3.63, 3.8) is 0 Å². The molecular weight excluding hydrogens is 486 g/mol. The van der Waals surface area contributed by atoms with Crippen LogP contribution in [-0.2, 0) is 20.8 Å². The van der Waals surface area contributed by atoms with Crippen LogP contribution >= 0.6 is 0 Å². The molecule has 0 aromatic heterocycles. The maximum Gasteiger partial charge on any atom is 0.255 e. The average Bonchev–Trinajstić information content (AvgIpc) is 2.83. The van der Waals surface area contributed by atoms with Gasteiger partial charge in [-0.25, -0.2) is 0 Å². The lowest BCUT2D eigenvalue weighted by Gasteiger charge is -2.46. The van der Waals surface area contributed by atoms with Crippen LogP contribution in [0, 0.1) is 17.8 Å². The number of phenols is 1. The number of Topliss-reactive ketones (excluding diaryl/α,β-unsaturated/α-hetero) is 2. The Morgan fingerprint density at radius 1 is 0.947 bits per heavy atom. The van der Waals surface area contributed by atoms with Crippen molar-refractivity contribution < 1.29 is 29.7 Å². The number of likely N-dealkylation sites (N-methyl/N-ethyl adjacent to an activating group) is 1. The highest BCUT2D eigenvalue weighted by Gasteiger charge is 2.55. The molecule has 4 atom stereocenters. The highest BCUT2D eigenvalue weighted by Crippen LogP contribution is 2.51. The van der Waals surface area contributed by atoms with E-state index in [2.05, 4.69) is 0 Å². The number of primary amides is 1. The summed E-state index contributed by atoms with van der Waals surface area (Å²) in [6.07, 6.45) is 0.666. The van der Waals surface area contributed by atoms with Gasteiger partial charge in [0.2, 0.25) is 0 Å². The minimum Gasteiger partial charge on any atom is -0.510 e. The second kappa shape index (κ2) is 9.02. The molecule has 3 unspecified atom stereocenters. The van der Waals surface area contributed by atoms with Crippen LogP contribution in [0.15, 0.2) is 53.3 Å². The van der Waals surface area contributed by atoms with Crippen LogP contribution in [0.1, 0.15) is 17.5 Å². The first-order chi connectivity index (χ1) is 17.9. The number of aliphatic hydroxyl groups excluding tert-OH is 2. The van der Waals surface area contributed by atoms with Gasteiger partial charge in [0, 0.05) is 25.4 Å². The summed E-state index contributed by atoms with van der Waals surface area (Å²) >= 11 is 0. The standard InChI is InChI=1S/C29H31N3O6/c1-31(2)15-7-5-13(6-8-15)16-9-10-19(33)21-17(16)11-14-12-18-22(26(35)20(14)25(21)34)27(36)23(29(30)38)28(37)24(18)32(3)4/h5-10,14,18,22,24,33-34,37H,11-12H2,1-4H3,(H2,30,38)/t14?,18?,22?,24-/m0/s1. The lowest BCUT2D eigenvalue weighted by molar-refractivity contribution is -0.136. The summed E-state index contributed by atoms with van der Waals surface area (Å²) in [5, 5.41) is 33.0. The quantitative estimate of drug-likeness (QED) is 0.358. The summed E-state index contributed by atoms with van der Waals surface area (Å²) in [5.74, 6) is -5.78. The molecule has 0 heterocycles. The van der Waals surface area contributed by atoms with E-state index < -0.39 is 52.6 Å². The van der Waals surface area contributed by atoms with E-state index in [9.17, 15) is 29.7 Å². The minimum absolute atomic E-state index is 0.0743. The second-order valence-electron chi connectivity index (χ2n) is 10.7. The molecule has 5 N–H and O–H groups in total. The highest BCUT2D eigenvalue weighted by molar-refractivity contribution is 6.28. The Bertz CT molecular complexity index is 1440. The molecule has 0 aliphatic heterocycles. The maximum atomic E-state index is 13.8. The van der Waals surface area contributed by atoms with Crippen LogP contribution in [0.4, 0.5) is 5.69 Å². The maximum absolute atomic E-state index is 13.8. The molecular formula is C29H31N3O6. The zero-order valence-electron chi connectivity index (χ0n) is 21.7. The molecule has 9 heteroatoms. The normalized spacial score (nSPS) is 24.8. The van der Waals surface area contributed by atoms with Crippen molar-refractivity contribution in [2.75, 3.05) is 33.1 Å². The van der Waals surface area contributed by atoms with E-state index in [1.54, 1.807) is 25.1 Å². The third-order valence-electron chi connectivity index (χ3n) is 8.14. The van der Waals surface area contributed by atoms with Gasteiger partial charge in [-0.3, -0.25) is 19.3 Å². The number of hydrogen-bond acceptors (Lipinski definition) is 8. The number of benzene rings is 2. The van der Waals surface area contributed by atoms with E-state index in [1.807, 2.05) is 43.3 Å². The Labute approximate surface area is 220 Å². The Hall–Kier alpha value is -4.11. The van der Waals surface area contributed by atoms with E-state index >= 15 is 0 Å². The first-order valence-electron chi connectivity index (χ1n) is 12.5. The molecule has 3 aliphatic carbocycles. The smallest absolute Gasteiger partial charge is 0.255 e. The van der Waals surface area contributed by atoms with Crippen LogP contribution in [0.3, 0.4) is 0 Å². The van der Waals surface area contributed by atoms with Crippen molar-refractivity contribution in [3.05, 3.63) is 64.4 Å². The lowest BCUT2D eigenvalue weighted by atomic mass is 9.59. The Balaban J connectivity index is 1.65. The number of anilines is 1. The molecule has 1 fully saturated rings. The van der Waals surface area contributed by atoms with Crippen molar-refractivity contribution in [1.29, 1.82) is 0 Å². The zero-order chi connectivity index (χ0) is 27.6. The van der Waals surface area contributed by atoms with E-state index in [1.165, 1.54) is 6.07 Å². The first-order valence-corrected chi connectivity index (χ1v) is 12.5. The van der Waals surface area contributed by atoms with Crippen LogP contribution < -0.4 is 10.6 Å².